The van der Waals surface area contributed by atoms with Crippen molar-refractivity contribution < 1.29 is 4.79 Å². The third kappa shape index (κ3) is 3.52. The van der Waals surface area contributed by atoms with Gasteiger partial charge in [-0.1, -0.05) is 27.7 Å². The Balaban J connectivity index is 2.91. The number of carbonyl (C=O) groups excluding carboxylic acids is 1. The summed E-state index contributed by atoms with van der Waals surface area (Å²) in [5.74, 6) is 0.613. The van der Waals surface area contributed by atoms with Gasteiger partial charge in [-0.2, -0.15) is 0 Å². The lowest BCUT2D eigenvalue weighted by Crippen LogP contribution is -2.41. The molecule has 0 aliphatic heterocycles. The standard InChI is InChI=1S/C14H23N3O/c1-7-12-11(8-15-10(3)17-12)13(18)16-9(2)14(4,5)6/h8-9H,7H2,1-6H3,(H,16,18)/t9-/m1/s1. The van der Waals surface area contributed by atoms with Gasteiger partial charge in [-0.25, -0.2) is 9.97 Å². The topological polar surface area (TPSA) is 54.9 Å². The Morgan fingerprint density at radius 1 is 1.44 bits per heavy atom. The van der Waals surface area contributed by atoms with E-state index in [1.807, 2.05) is 20.8 Å². The number of aromatic nitrogens is 2. The van der Waals surface area contributed by atoms with Crippen molar-refractivity contribution in [2.75, 3.05) is 0 Å². The van der Waals surface area contributed by atoms with Gasteiger partial charge in [0.2, 0.25) is 0 Å². The lowest BCUT2D eigenvalue weighted by atomic mass is 9.88. The predicted molar refractivity (Wildman–Crippen MR) is 72.5 cm³/mol. The summed E-state index contributed by atoms with van der Waals surface area (Å²) in [5, 5.41) is 3.01. The summed E-state index contributed by atoms with van der Waals surface area (Å²) in [4.78, 5) is 20.6. The highest BCUT2D eigenvalue weighted by Gasteiger charge is 2.23. The minimum Gasteiger partial charge on any atom is -0.349 e. The first kappa shape index (κ1) is 14.6. The molecular formula is C14H23N3O. The van der Waals surface area contributed by atoms with Crippen molar-refractivity contribution in [3.63, 3.8) is 0 Å². The Morgan fingerprint density at radius 3 is 2.56 bits per heavy atom. The monoisotopic (exact) mass is 249 g/mol. The van der Waals surface area contributed by atoms with Crippen LogP contribution >= 0.6 is 0 Å². The molecule has 4 nitrogen and oxygen atoms in total. The number of nitrogens with zero attached hydrogens (tertiary/aromatic N) is 2. The lowest BCUT2D eigenvalue weighted by molar-refractivity contribution is 0.0908. The maximum atomic E-state index is 12.2. The van der Waals surface area contributed by atoms with Crippen LogP contribution in [0.5, 0.6) is 0 Å². The van der Waals surface area contributed by atoms with Crippen LogP contribution in [0, 0.1) is 12.3 Å². The summed E-state index contributed by atoms with van der Waals surface area (Å²) in [5.41, 5.74) is 1.42. The Hall–Kier alpha value is -1.45. The summed E-state index contributed by atoms with van der Waals surface area (Å²) in [6, 6.07) is 0.0935. The van der Waals surface area contributed by atoms with Crippen molar-refractivity contribution in [1.29, 1.82) is 0 Å². The van der Waals surface area contributed by atoms with E-state index in [4.69, 9.17) is 0 Å². The van der Waals surface area contributed by atoms with Crippen LogP contribution in [0.3, 0.4) is 0 Å². The predicted octanol–water partition coefficient (Wildman–Crippen LogP) is 2.51. The second kappa shape index (κ2) is 5.46. The van der Waals surface area contributed by atoms with Gasteiger partial charge < -0.3 is 5.32 Å². The molecule has 0 fully saturated rings. The summed E-state index contributed by atoms with van der Waals surface area (Å²) in [7, 11) is 0. The van der Waals surface area contributed by atoms with E-state index in [0.29, 0.717) is 11.4 Å². The zero-order chi connectivity index (χ0) is 13.9. The molecule has 1 heterocycles. The summed E-state index contributed by atoms with van der Waals surface area (Å²) < 4.78 is 0. The van der Waals surface area contributed by atoms with Crippen LogP contribution in [-0.4, -0.2) is 21.9 Å². The average molecular weight is 249 g/mol. The Kier molecular flexibility index (Phi) is 4.43. The Labute approximate surface area is 109 Å². The van der Waals surface area contributed by atoms with Crippen LogP contribution < -0.4 is 5.32 Å². The van der Waals surface area contributed by atoms with Gasteiger partial charge in [0.1, 0.15) is 5.82 Å². The maximum Gasteiger partial charge on any atom is 0.254 e. The fraction of sp³-hybridized carbons (Fsp3) is 0.643. The largest absolute Gasteiger partial charge is 0.349 e. The number of rotatable bonds is 3. The molecule has 100 valence electrons. The average Bonchev–Trinajstić information content (AvgIpc) is 2.27. The van der Waals surface area contributed by atoms with Crippen LogP contribution in [0.4, 0.5) is 0 Å². The first-order valence-electron chi connectivity index (χ1n) is 6.39. The molecule has 1 aromatic rings. The molecule has 1 rings (SSSR count). The first-order valence-corrected chi connectivity index (χ1v) is 6.39. The van der Waals surface area contributed by atoms with E-state index in [1.54, 1.807) is 6.20 Å². The Bertz CT molecular complexity index is 435. The number of aryl methyl sites for hydroxylation is 2. The molecule has 18 heavy (non-hydrogen) atoms. The quantitative estimate of drug-likeness (QED) is 0.895. The minimum absolute atomic E-state index is 0.0353. The van der Waals surface area contributed by atoms with E-state index in [9.17, 15) is 4.79 Å². The molecule has 0 aromatic carbocycles. The zero-order valence-electron chi connectivity index (χ0n) is 12.2. The zero-order valence-corrected chi connectivity index (χ0v) is 12.2. The summed E-state index contributed by atoms with van der Waals surface area (Å²) in [6.45, 7) is 12.1. The summed E-state index contributed by atoms with van der Waals surface area (Å²) in [6.07, 6.45) is 2.35. The van der Waals surface area contributed by atoms with Crippen LogP contribution in [0.1, 0.15) is 56.5 Å². The fourth-order valence-corrected chi connectivity index (χ4v) is 1.47. The van der Waals surface area contributed by atoms with E-state index in [1.165, 1.54) is 0 Å². The first-order chi connectivity index (χ1) is 8.25. The number of nitrogens with one attached hydrogen (secondary N) is 1. The van der Waals surface area contributed by atoms with E-state index in [-0.39, 0.29) is 17.4 Å². The smallest absolute Gasteiger partial charge is 0.254 e. The molecule has 0 aliphatic carbocycles. The molecule has 0 aliphatic rings. The maximum absolute atomic E-state index is 12.2. The molecule has 1 aromatic heterocycles. The van der Waals surface area contributed by atoms with Gasteiger partial charge >= 0.3 is 0 Å². The highest BCUT2D eigenvalue weighted by Crippen LogP contribution is 2.19. The highest BCUT2D eigenvalue weighted by atomic mass is 16.1. The molecule has 0 bridgehead atoms. The molecule has 1 atom stereocenters. The van der Waals surface area contributed by atoms with Gasteiger partial charge in [0.15, 0.2) is 0 Å². The van der Waals surface area contributed by atoms with Crippen molar-refractivity contribution in [2.45, 2.75) is 54.0 Å². The molecule has 1 N–H and O–H groups in total. The van der Waals surface area contributed by atoms with Gasteiger partial charge in [0.25, 0.3) is 5.91 Å². The second-order valence-electron chi connectivity index (χ2n) is 5.69. The van der Waals surface area contributed by atoms with Crippen LogP contribution in [-0.2, 0) is 6.42 Å². The number of carbonyl (C=O) groups is 1. The van der Waals surface area contributed by atoms with Crippen molar-refractivity contribution >= 4 is 5.91 Å². The summed E-state index contributed by atoms with van der Waals surface area (Å²) >= 11 is 0. The molecule has 4 heteroatoms. The van der Waals surface area contributed by atoms with Crippen LogP contribution in [0.25, 0.3) is 0 Å². The van der Waals surface area contributed by atoms with E-state index < -0.39 is 0 Å². The van der Waals surface area contributed by atoms with Crippen molar-refractivity contribution in [2.24, 2.45) is 5.41 Å². The van der Waals surface area contributed by atoms with E-state index in [2.05, 4.69) is 36.1 Å². The van der Waals surface area contributed by atoms with Crippen molar-refractivity contribution in [3.8, 4) is 0 Å². The van der Waals surface area contributed by atoms with Gasteiger partial charge in [-0.3, -0.25) is 4.79 Å². The molecule has 0 saturated carbocycles. The third-order valence-electron chi connectivity index (χ3n) is 3.21. The van der Waals surface area contributed by atoms with Crippen LogP contribution in [0.2, 0.25) is 0 Å². The number of hydrogen-bond acceptors (Lipinski definition) is 3. The van der Waals surface area contributed by atoms with Gasteiger partial charge in [0.05, 0.1) is 11.3 Å². The normalized spacial score (nSPS) is 13.2. The SMILES string of the molecule is CCc1nc(C)ncc1C(=O)N[C@H](C)C(C)(C)C. The fourth-order valence-electron chi connectivity index (χ4n) is 1.47. The van der Waals surface area contributed by atoms with Crippen LogP contribution in [0.15, 0.2) is 6.20 Å². The molecule has 0 unspecified atom stereocenters. The van der Waals surface area contributed by atoms with Crippen molar-refractivity contribution in [3.05, 3.63) is 23.3 Å². The van der Waals surface area contributed by atoms with Gasteiger partial charge in [-0.15, -0.1) is 0 Å². The molecule has 0 saturated heterocycles. The number of hydrogen-bond donors (Lipinski definition) is 1. The Morgan fingerprint density at radius 2 is 2.06 bits per heavy atom. The molecule has 0 radical (unpaired) electrons. The molecule has 0 spiro atoms. The second-order valence-corrected chi connectivity index (χ2v) is 5.69. The van der Waals surface area contributed by atoms with Gasteiger partial charge in [-0.05, 0) is 25.7 Å². The third-order valence-corrected chi connectivity index (χ3v) is 3.21. The van der Waals surface area contributed by atoms with E-state index in [0.717, 1.165) is 12.1 Å². The minimum atomic E-state index is -0.0886. The van der Waals surface area contributed by atoms with Crippen molar-refractivity contribution in [1.82, 2.24) is 15.3 Å². The molecular weight excluding hydrogens is 226 g/mol. The highest BCUT2D eigenvalue weighted by molar-refractivity contribution is 5.95. The van der Waals surface area contributed by atoms with E-state index >= 15 is 0 Å². The lowest BCUT2D eigenvalue weighted by Gasteiger charge is -2.28. The molecule has 1 amide bonds. The van der Waals surface area contributed by atoms with Gasteiger partial charge in [0, 0.05) is 12.2 Å². The number of amides is 1.